The first-order valence-electron chi connectivity index (χ1n) is 8.36. The minimum atomic E-state index is -0.620. The fourth-order valence-corrected chi connectivity index (χ4v) is 3.32. The lowest BCUT2D eigenvalue weighted by molar-refractivity contribution is -0.140. The Kier molecular flexibility index (Phi) is 4.28. The standard InChI is InChI=1S/C18H25N3O2/c1-20(2)17(23)18(19-15-6-4-3-5-7-15)10-12-21(13-11-18)16(22)14-8-9-14/h3-7,14,19H,8-13H2,1-2H3. The molecule has 5 nitrogen and oxygen atoms in total. The number of para-hydroxylation sites is 1. The number of likely N-dealkylation sites (N-methyl/N-ethyl adjacent to an activating group) is 1. The Hall–Kier alpha value is -2.04. The zero-order valence-corrected chi connectivity index (χ0v) is 13.9. The molecule has 0 aromatic heterocycles. The molecule has 0 spiro atoms. The number of piperidine rings is 1. The highest BCUT2D eigenvalue weighted by atomic mass is 16.2. The molecule has 2 aliphatic rings. The highest BCUT2D eigenvalue weighted by molar-refractivity contribution is 5.90. The number of nitrogens with one attached hydrogen (secondary N) is 1. The molecule has 5 heteroatoms. The van der Waals surface area contributed by atoms with Gasteiger partial charge in [-0.25, -0.2) is 0 Å². The fraction of sp³-hybridized carbons (Fsp3) is 0.556. The Labute approximate surface area is 137 Å². The monoisotopic (exact) mass is 315 g/mol. The van der Waals surface area contributed by atoms with E-state index in [1.165, 1.54) is 0 Å². The summed E-state index contributed by atoms with van der Waals surface area (Å²) in [5.41, 5.74) is 0.329. The van der Waals surface area contributed by atoms with Gasteiger partial charge >= 0.3 is 0 Å². The molecule has 124 valence electrons. The molecular formula is C18H25N3O2. The summed E-state index contributed by atoms with van der Waals surface area (Å²) in [6.07, 6.45) is 3.35. The SMILES string of the molecule is CN(C)C(=O)C1(Nc2ccccc2)CCN(C(=O)C2CC2)CC1. The van der Waals surface area contributed by atoms with E-state index in [0.717, 1.165) is 18.5 Å². The third-order valence-corrected chi connectivity index (χ3v) is 4.83. The summed E-state index contributed by atoms with van der Waals surface area (Å²) in [7, 11) is 3.58. The van der Waals surface area contributed by atoms with Crippen LogP contribution < -0.4 is 5.32 Å². The average molecular weight is 315 g/mol. The average Bonchev–Trinajstić information content (AvgIpc) is 3.40. The van der Waals surface area contributed by atoms with Gasteiger partial charge in [-0.1, -0.05) is 18.2 Å². The summed E-state index contributed by atoms with van der Waals surface area (Å²) < 4.78 is 0. The Morgan fingerprint density at radius 3 is 2.26 bits per heavy atom. The van der Waals surface area contributed by atoms with E-state index in [2.05, 4.69) is 5.32 Å². The summed E-state index contributed by atoms with van der Waals surface area (Å²) >= 11 is 0. The molecule has 1 aliphatic carbocycles. The van der Waals surface area contributed by atoms with Crippen LogP contribution in [0.25, 0.3) is 0 Å². The molecule has 2 fully saturated rings. The maximum absolute atomic E-state index is 12.8. The minimum absolute atomic E-state index is 0.0832. The van der Waals surface area contributed by atoms with Gasteiger partial charge in [-0.2, -0.15) is 0 Å². The van der Waals surface area contributed by atoms with Crippen molar-refractivity contribution in [2.24, 2.45) is 5.92 Å². The third-order valence-electron chi connectivity index (χ3n) is 4.83. The summed E-state index contributed by atoms with van der Waals surface area (Å²) in [4.78, 5) is 28.6. The van der Waals surface area contributed by atoms with Crippen LogP contribution in [0.3, 0.4) is 0 Å². The Balaban J connectivity index is 1.75. The molecule has 1 N–H and O–H groups in total. The van der Waals surface area contributed by atoms with Crippen LogP contribution in [-0.4, -0.2) is 54.3 Å². The first-order valence-corrected chi connectivity index (χ1v) is 8.36. The lowest BCUT2D eigenvalue weighted by Crippen LogP contribution is -2.58. The van der Waals surface area contributed by atoms with Gasteiger partial charge in [0.15, 0.2) is 0 Å². The molecule has 1 aromatic rings. The van der Waals surface area contributed by atoms with E-state index in [0.29, 0.717) is 25.9 Å². The zero-order valence-electron chi connectivity index (χ0n) is 13.9. The molecule has 1 aromatic carbocycles. The van der Waals surface area contributed by atoms with Gasteiger partial charge in [0.05, 0.1) is 0 Å². The number of amides is 2. The number of nitrogens with zero attached hydrogens (tertiary/aromatic N) is 2. The summed E-state index contributed by atoms with van der Waals surface area (Å²) in [6.45, 7) is 1.30. The maximum atomic E-state index is 12.8. The van der Waals surface area contributed by atoms with Crippen LogP contribution in [0.5, 0.6) is 0 Å². The van der Waals surface area contributed by atoms with E-state index < -0.39 is 5.54 Å². The third kappa shape index (κ3) is 3.33. The topological polar surface area (TPSA) is 52.7 Å². The Morgan fingerprint density at radius 2 is 1.74 bits per heavy atom. The summed E-state index contributed by atoms with van der Waals surface area (Å²) in [5, 5.41) is 3.45. The van der Waals surface area contributed by atoms with E-state index >= 15 is 0 Å². The van der Waals surface area contributed by atoms with Crippen LogP contribution in [0.4, 0.5) is 5.69 Å². The second-order valence-corrected chi connectivity index (χ2v) is 6.87. The van der Waals surface area contributed by atoms with E-state index in [-0.39, 0.29) is 17.7 Å². The molecule has 0 atom stereocenters. The second-order valence-electron chi connectivity index (χ2n) is 6.87. The van der Waals surface area contributed by atoms with Gasteiger partial charge in [-0.15, -0.1) is 0 Å². The van der Waals surface area contributed by atoms with Crippen molar-refractivity contribution >= 4 is 17.5 Å². The Morgan fingerprint density at radius 1 is 1.13 bits per heavy atom. The van der Waals surface area contributed by atoms with Crippen molar-refractivity contribution in [1.29, 1.82) is 0 Å². The number of benzene rings is 1. The number of hydrogen-bond acceptors (Lipinski definition) is 3. The summed E-state index contributed by atoms with van der Waals surface area (Å²) in [5.74, 6) is 0.601. The number of hydrogen-bond donors (Lipinski definition) is 1. The van der Waals surface area contributed by atoms with Gasteiger partial charge in [0.2, 0.25) is 11.8 Å². The van der Waals surface area contributed by atoms with Crippen LogP contribution in [-0.2, 0) is 9.59 Å². The van der Waals surface area contributed by atoms with Gasteiger partial charge in [0, 0.05) is 38.8 Å². The van der Waals surface area contributed by atoms with Crippen LogP contribution in [0.1, 0.15) is 25.7 Å². The van der Waals surface area contributed by atoms with E-state index in [9.17, 15) is 9.59 Å². The van der Waals surface area contributed by atoms with Crippen molar-refractivity contribution in [2.45, 2.75) is 31.2 Å². The van der Waals surface area contributed by atoms with Crippen molar-refractivity contribution in [3.05, 3.63) is 30.3 Å². The normalized spacial score (nSPS) is 20.0. The number of carbonyl (C=O) groups excluding carboxylic acids is 2. The first-order chi connectivity index (χ1) is 11.0. The lowest BCUT2D eigenvalue weighted by Gasteiger charge is -2.43. The molecule has 0 radical (unpaired) electrons. The largest absolute Gasteiger partial charge is 0.371 e. The number of carbonyl (C=O) groups is 2. The number of likely N-dealkylation sites (tertiary alicyclic amines) is 1. The van der Waals surface area contributed by atoms with Gasteiger partial charge < -0.3 is 15.1 Å². The molecule has 0 unspecified atom stereocenters. The highest BCUT2D eigenvalue weighted by Gasteiger charge is 2.44. The number of rotatable bonds is 4. The Bertz CT molecular complexity index is 573. The predicted molar refractivity (Wildman–Crippen MR) is 90.0 cm³/mol. The molecule has 3 rings (SSSR count). The van der Waals surface area contributed by atoms with Crippen molar-refractivity contribution in [2.75, 3.05) is 32.5 Å². The van der Waals surface area contributed by atoms with Crippen LogP contribution in [0.15, 0.2) is 30.3 Å². The molecule has 23 heavy (non-hydrogen) atoms. The molecular weight excluding hydrogens is 290 g/mol. The highest BCUT2D eigenvalue weighted by Crippen LogP contribution is 2.34. The van der Waals surface area contributed by atoms with Gasteiger partial charge in [-0.05, 0) is 37.8 Å². The quantitative estimate of drug-likeness (QED) is 0.924. The van der Waals surface area contributed by atoms with Crippen molar-refractivity contribution in [1.82, 2.24) is 9.80 Å². The van der Waals surface area contributed by atoms with Crippen LogP contribution in [0.2, 0.25) is 0 Å². The van der Waals surface area contributed by atoms with Crippen molar-refractivity contribution < 1.29 is 9.59 Å². The summed E-state index contributed by atoms with van der Waals surface area (Å²) in [6, 6.07) is 9.84. The lowest BCUT2D eigenvalue weighted by atomic mass is 9.85. The van der Waals surface area contributed by atoms with Gasteiger partial charge in [0.1, 0.15) is 5.54 Å². The molecule has 1 saturated heterocycles. The second kappa shape index (κ2) is 6.22. The van der Waals surface area contributed by atoms with Crippen LogP contribution >= 0.6 is 0 Å². The fourth-order valence-electron chi connectivity index (χ4n) is 3.32. The van der Waals surface area contributed by atoms with E-state index in [4.69, 9.17) is 0 Å². The molecule has 0 bridgehead atoms. The van der Waals surface area contributed by atoms with Crippen molar-refractivity contribution in [3.63, 3.8) is 0 Å². The minimum Gasteiger partial charge on any atom is -0.371 e. The molecule has 1 heterocycles. The molecule has 2 amide bonds. The van der Waals surface area contributed by atoms with E-state index in [1.807, 2.05) is 35.2 Å². The first kappa shape index (κ1) is 15.8. The van der Waals surface area contributed by atoms with Crippen molar-refractivity contribution in [3.8, 4) is 0 Å². The van der Waals surface area contributed by atoms with Gasteiger partial charge in [0.25, 0.3) is 0 Å². The molecule has 1 aliphatic heterocycles. The predicted octanol–water partition coefficient (Wildman–Crippen LogP) is 1.96. The number of anilines is 1. The molecule has 1 saturated carbocycles. The van der Waals surface area contributed by atoms with E-state index in [1.54, 1.807) is 19.0 Å². The maximum Gasteiger partial charge on any atom is 0.247 e. The zero-order chi connectivity index (χ0) is 16.4. The van der Waals surface area contributed by atoms with Crippen LogP contribution in [0, 0.1) is 5.92 Å². The smallest absolute Gasteiger partial charge is 0.247 e. The van der Waals surface area contributed by atoms with Gasteiger partial charge in [-0.3, -0.25) is 9.59 Å².